The van der Waals surface area contributed by atoms with Gasteiger partial charge < -0.3 is 0 Å². The highest BCUT2D eigenvalue weighted by Crippen LogP contribution is 2.60. The first kappa shape index (κ1) is 21.6. The Morgan fingerprint density at radius 3 is 2.08 bits per heavy atom. The quantitative estimate of drug-likeness (QED) is 0.199. The zero-order valence-electron chi connectivity index (χ0n) is 18.1. The normalized spacial score (nSPS) is 44.9. The van der Waals surface area contributed by atoms with Gasteiger partial charge in [0.2, 0.25) is 0 Å². The minimum absolute atomic E-state index is 0.374. The van der Waals surface area contributed by atoms with Crippen molar-refractivity contribution in [2.45, 2.75) is 108 Å². The van der Waals surface area contributed by atoms with Gasteiger partial charge in [0.15, 0.2) is 0 Å². The van der Waals surface area contributed by atoms with Crippen molar-refractivity contribution in [3.8, 4) is 0 Å². The molecule has 0 aromatic carbocycles. The van der Waals surface area contributed by atoms with Gasteiger partial charge in [0.25, 0.3) is 0 Å². The Labute approximate surface area is 179 Å². The monoisotopic (exact) mass is 465 g/mol. The van der Waals surface area contributed by atoms with Crippen LogP contribution in [-0.2, 0) is 0 Å². The molecule has 1 saturated heterocycles. The lowest BCUT2D eigenvalue weighted by Crippen LogP contribution is -2.46. The molecule has 0 spiro atoms. The van der Waals surface area contributed by atoms with Gasteiger partial charge in [-0.15, -0.1) is 0 Å². The Balaban J connectivity index is 1.86. The average Bonchev–Trinajstić information content (AvgIpc) is 2.56. The van der Waals surface area contributed by atoms with E-state index in [0.717, 1.165) is 39.2 Å². The van der Waals surface area contributed by atoms with Crippen LogP contribution in [0.5, 0.6) is 0 Å². The van der Waals surface area contributed by atoms with Gasteiger partial charge in [0.1, 0.15) is 7.28 Å². The Morgan fingerprint density at radius 1 is 0.808 bits per heavy atom. The molecule has 1 aliphatic heterocycles. The molecule has 26 heavy (non-hydrogen) atoms. The van der Waals surface area contributed by atoms with Crippen LogP contribution in [-0.4, -0.2) is 19.1 Å². The molecule has 3 rings (SSSR count). The minimum atomic E-state index is 0.374. The van der Waals surface area contributed by atoms with Crippen molar-refractivity contribution in [1.82, 2.24) is 0 Å². The minimum Gasteiger partial charge on any atom is -0.0823 e. The van der Waals surface area contributed by atoms with E-state index in [0.29, 0.717) is 16.6 Å². The van der Waals surface area contributed by atoms with Crippen molar-refractivity contribution < 1.29 is 0 Å². The standard InChI is InChI=1S/C23H40B2I/c1-22(2,3)14-7-9-16-13-17(20(26)10-8-14)18-11-15(24)12-19(21(18)25-16)23(4,5)6/h14-21H,7-13H2,1-6H3/t14?,15?,16?,17?,18?,19-,20?,21?/m0/s1. The summed E-state index contributed by atoms with van der Waals surface area (Å²) >= 11 is 2.83. The predicted molar refractivity (Wildman–Crippen MR) is 126 cm³/mol. The summed E-state index contributed by atoms with van der Waals surface area (Å²) in [7, 11) is 9.45. The van der Waals surface area contributed by atoms with Crippen LogP contribution < -0.4 is 0 Å². The molecule has 0 amide bonds. The molecule has 7 unspecified atom stereocenters. The van der Waals surface area contributed by atoms with Gasteiger partial charge >= 0.3 is 0 Å². The smallest absolute Gasteiger partial charge is 0.0823 e. The van der Waals surface area contributed by atoms with E-state index in [-0.39, 0.29) is 0 Å². The summed E-state index contributed by atoms with van der Waals surface area (Å²) in [5.41, 5.74) is 0.830. The van der Waals surface area contributed by atoms with Gasteiger partial charge in [-0.1, -0.05) is 114 Å². The van der Waals surface area contributed by atoms with E-state index in [2.05, 4.69) is 71.4 Å². The molecule has 145 valence electrons. The predicted octanol–water partition coefficient (Wildman–Crippen LogP) is 7.36. The molecular weight excluding hydrogens is 425 g/mol. The third-order valence-electron chi connectivity index (χ3n) is 8.19. The van der Waals surface area contributed by atoms with Crippen LogP contribution in [0, 0.1) is 34.5 Å². The third-order valence-corrected chi connectivity index (χ3v) is 9.73. The number of rotatable bonds is 0. The van der Waals surface area contributed by atoms with Gasteiger partial charge in [-0.25, -0.2) is 0 Å². The molecule has 3 heteroatoms. The summed E-state index contributed by atoms with van der Waals surface area (Å²) in [6, 6.07) is 0. The summed E-state index contributed by atoms with van der Waals surface area (Å²) in [4.78, 5) is 0. The Kier molecular flexibility index (Phi) is 6.59. The highest BCUT2D eigenvalue weighted by molar-refractivity contribution is 14.1. The first-order chi connectivity index (χ1) is 12.0. The fourth-order valence-corrected chi connectivity index (χ4v) is 7.79. The molecule has 0 aromatic heterocycles. The van der Waals surface area contributed by atoms with E-state index in [1.807, 2.05) is 0 Å². The number of halogens is 1. The van der Waals surface area contributed by atoms with Gasteiger partial charge in [0.05, 0.1) is 7.85 Å². The summed E-state index contributed by atoms with van der Waals surface area (Å²) in [6.45, 7) is 14.7. The van der Waals surface area contributed by atoms with Gasteiger partial charge in [-0.05, 0) is 47.3 Å². The van der Waals surface area contributed by atoms with E-state index in [4.69, 9.17) is 7.85 Å². The van der Waals surface area contributed by atoms with Gasteiger partial charge in [-0.2, -0.15) is 0 Å². The Bertz CT molecular complexity index is 478. The topological polar surface area (TPSA) is 0 Å². The summed E-state index contributed by atoms with van der Waals surface area (Å²) in [5.74, 6) is 5.46. The second kappa shape index (κ2) is 7.94. The second-order valence-corrected chi connectivity index (χ2v) is 13.6. The maximum atomic E-state index is 6.61. The largest absolute Gasteiger partial charge is 0.118 e. The molecule has 0 aromatic rings. The van der Waals surface area contributed by atoms with Crippen LogP contribution in [0.2, 0.25) is 17.5 Å². The number of hydrogen-bond donors (Lipinski definition) is 0. The van der Waals surface area contributed by atoms with Crippen molar-refractivity contribution in [3.63, 3.8) is 0 Å². The summed E-state index contributed by atoms with van der Waals surface area (Å²) < 4.78 is 0.838. The maximum absolute atomic E-state index is 6.61. The number of alkyl halides is 1. The third kappa shape index (κ3) is 4.70. The van der Waals surface area contributed by atoms with Crippen molar-refractivity contribution in [3.05, 3.63) is 0 Å². The fraction of sp³-hybridized carbons (Fsp3) is 1.00. The van der Waals surface area contributed by atoms with E-state index < -0.39 is 0 Å². The number of hydrogen-bond acceptors (Lipinski definition) is 0. The van der Waals surface area contributed by atoms with Crippen molar-refractivity contribution in [2.75, 3.05) is 0 Å². The molecule has 3 radical (unpaired) electrons. The molecule has 0 N–H and O–H groups in total. The van der Waals surface area contributed by atoms with Crippen LogP contribution in [0.4, 0.5) is 0 Å². The lowest BCUT2D eigenvalue weighted by molar-refractivity contribution is 0.0969. The average molecular weight is 465 g/mol. The van der Waals surface area contributed by atoms with Crippen molar-refractivity contribution in [1.29, 1.82) is 0 Å². The molecule has 2 bridgehead atoms. The van der Waals surface area contributed by atoms with E-state index in [1.54, 1.807) is 0 Å². The molecule has 8 atom stereocenters. The Morgan fingerprint density at radius 2 is 1.46 bits per heavy atom. The van der Waals surface area contributed by atoms with E-state index in [1.165, 1.54) is 44.9 Å². The highest BCUT2D eigenvalue weighted by atomic mass is 127. The number of fused-ring (bicyclic) bond motifs is 4. The highest BCUT2D eigenvalue weighted by Gasteiger charge is 2.49. The zero-order valence-corrected chi connectivity index (χ0v) is 20.3. The van der Waals surface area contributed by atoms with E-state index >= 15 is 0 Å². The van der Waals surface area contributed by atoms with E-state index in [9.17, 15) is 0 Å². The van der Waals surface area contributed by atoms with Crippen LogP contribution in [0.1, 0.15) is 86.5 Å². The summed E-state index contributed by atoms with van der Waals surface area (Å²) in [5, 5.41) is 0. The molecule has 1 heterocycles. The van der Waals surface area contributed by atoms with Gasteiger partial charge in [0, 0.05) is 3.92 Å². The second-order valence-electron chi connectivity index (χ2n) is 12.0. The Hall–Kier alpha value is 0.860. The summed E-state index contributed by atoms with van der Waals surface area (Å²) in [6.07, 6.45) is 9.64. The molecule has 2 aliphatic carbocycles. The van der Waals surface area contributed by atoms with Gasteiger partial charge in [-0.3, -0.25) is 0 Å². The fourth-order valence-electron chi connectivity index (χ4n) is 6.60. The van der Waals surface area contributed by atoms with Crippen LogP contribution in [0.15, 0.2) is 0 Å². The lowest BCUT2D eigenvalue weighted by atomic mass is 9.34. The van der Waals surface area contributed by atoms with Crippen LogP contribution in [0.25, 0.3) is 0 Å². The lowest BCUT2D eigenvalue weighted by Gasteiger charge is -2.54. The molecule has 3 aliphatic rings. The van der Waals surface area contributed by atoms with Crippen LogP contribution >= 0.6 is 22.6 Å². The molecular formula is C23H40B2I. The van der Waals surface area contributed by atoms with Crippen molar-refractivity contribution in [2.24, 2.45) is 34.5 Å². The first-order valence-electron chi connectivity index (χ1n) is 11.2. The first-order valence-corrected chi connectivity index (χ1v) is 12.5. The van der Waals surface area contributed by atoms with Crippen molar-refractivity contribution >= 4 is 37.7 Å². The molecule has 3 fully saturated rings. The molecule has 2 saturated carbocycles. The molecule has 0 nitrogen and oxygen atoms in total. The van der Waals surface area contributed by atoms with Crippen LogP contribution in [0.3, 0.4) is 0 Å². The SMILES string of the molecule is [B]C1CC2C3CC([B]C2[C@@H](C(C)(C)C)C1)CCC(C(C)(C)C)CCC3I. The maximum Gasteiger partial charge on any atom is 0.118 e. The zero-order chi connectivity index (χ0) is 19.3.